The summed E-state index contributed by atoms with van der Waals surface area (Å²) in [6.45, 7) is -0.0934. The number of hydrogen-bond acceptors (Lipinski definition) is 6. The topological polar surface area (TPSA) is 69.9 Å². The highest BCUT2D eigenvalue weighted by molar-refractivity contribution is 7.98. The first kappa shape index (κ1) is 14.7. The summed E-state index contributed by atoms with van der Waals surface area (Å²) >= 11 is 7.02. The van der Waals surface area contributed by atoms with Crippen molar-refractivity contribution in [3.63, 3.8) is 0 Å². The number of hydrogen-bond donors (Lipinski definition) is 0. The third-order valence-electron chi connectivity index (χ3n) is 2.37. The molecular weight excluding hydrogens is 307 g/mol. The quantitative estimate of drug-likeness (QED) is 0.620. The van der Waals surface area contributed by atoms with Gasteiger partial charge in [-0.05, 0) is 34.2 Å². The normalized spacial score (nSPS) is 10.6. The maximum atomic E-state index is 13.6. The van der Waals surface area contributed by atoms with E-state index in [2.05, 4.69) is 20.3 Å². The zero-order chi connectivity index (χ0) is 14.5. The predicted molar refractivity (Wildman–Crippen MR) is 70.8 cm³/mol. The maximum absolute atomic E-state index is 13.6. The lowest BCUT2D eigenvalue weighted by Gasteiger charge is -2.04. The van der Waals surface area contributed by atoms with E-state index in [-0.39, 0.29) is 12.4 Å². The van der Waals surface area contributed by atoms with Gasteiger partial charge in [0.25, 0.3) is 0 Å². The number of aromatic nitrogens is 4. The minimum absolute atomic E-state index is 0.0934. The van der Waals surface area contributed by atoms with Gasteiger partial charge in [-0.2, -0.15) is 0 Å². The van der Waals surface area contributed by atoms with Crippen LogP contribution in [0.25, 0.3) is 0 Å². The molecule has 0 unspecified atom stereocenters. The molecule has 2 rings (SSSR count). The molecule has 0 aliphatic heterocycles. The molecule has 9 heteroatoms. The molecule has 0 fully saturated rings. The Bertz CT molecular complexity index is 622. The van der Waals surface area contributed by atoms with Crippen LogP contribution in [0, 0.1) is 5.82 Å². The van der Waals surface area contributed by atoms with E-state index in [4.69, 9.17) is 11.6 Å². The molecule has 0 atom stereocenters. The summed E-state index contributed by atoms with van der Waals surface area (Å²) in [5, 5.41) is 11.8. The Labute approximate surface area is 123 Å². The van der Waals surface area contributed by atoms with Gasteiger partial charge in [-0.3, -0.25) is 4.79 Å². The average molecular weight is 317 g/mol. The Balaban J connectivity index is 2.06. The molecule has 20 heavy (non-hydrogen) atoms. The van der Waals surface area contributed by atoms with Gasteiger partial charge >= 0.3 is 5.97 Å². The summed E-state index contributed by atoms with van der Waals surface area (Å²) in [5.74, 6) is -0.518. The van der Waals surface area contributed by atoms with Crippen molar-refractivity contribution in [3.05, 3.63) is 34.6 Å². The summed E-state index contributed by atoms with van der Waals surface area (Å²) in [7, 11) is 1.28. The molecule has 0 radical (unpaired) electrons. The number of methoxy groups -OCH3 is 1. The number of carbonyl (C=O) groups is 1. The van der Waals surface area contributed by atoms with Crippen LogP contribution >= 0.6 is 23.4 Å². The number of esters is 1. The van der Waals surface area contributed by atoms with Gasteiger partial charge in [0.15, 0.2) is 0 Å². The molecule has 0 N–H and O–H groups in total. The van der Waals surface area contributed by atoms with E-state index in [1.807, 2.05) is 0 Å². The first-order valence-electron chi connectivity index (χ1n) is 5.50. The Kier molecular flexibility index (Phi) is 4.91. The summed E-state index contributed by atoms with van der Waals surface area (Å²) in [6.07, 6.45) is 0. The molecule has 0 aliphatic carbocycles. The van der Waals surface area contributed by atoms with E-state index in [1.165, 1.54) is 35.7 Å². The number of rotatable bonds is 5. The molecule has 1 aromatic carbocycles. The number of tetrazole rings is 1. The highest BCUT2D eigenvalue weighted by atomic mass is 35.5. The van der Waals surface area contributed by atoms with Gasteiger partial charge in [-0.15, -0.1) is 5.10 Å². The summed E-state index contributed by atoms with van der Waals surface area (Å²) in [5.41, 5.74) is 0.440. The molecule has 0 amide bonds. The van der Waals surface area contributed by atoms with Crippen molar-refractivity contribution in [1.29, 1.82) is 0 Å². The standard InChI is InChI=1S/C11H10ClFN4O2S/c1-19-10(18)5-17-11(14-15-16-17)20-6-7-4-8(12)2-3-9(7)13/h2-4H,5-6H2,1H3. The van der Waals surface area contributed by atoms with Crippen molar-refractivity contribution >= 4 is 29.3 Å². The van der Waals surface area contributed by atoms with Gasteiger partial charge in [-0.1, -0.05) is 23.4 Å². The summed E-state index contributed by atoms with van der Waals surface area (Å²) in [6, 6.07) is 4.32. The van der Waals surface area contributed by atoms with Crippen LogP contribution in [0.4, 0.5) is 4.39 Å². The number of thioether (sulfide) groups is 1. The second kappa shape index (κ2) is 6.67. The summed E-state index contributed by atoms with van der Waals surface area (Å²) in [4.78, 5) is 11.2. The number of ether oxygens (including phenoxy) is 1. The molecule has 0 bridgehead atoms. The molecule has 106 valence electrons. The van der Waals surface area contributed by atoms with E-state index in [0.29, 0.717) is 21.5 Å². The molecule has 0 spiro atoms. The van der Waals surface area contributed by atoms with Gasteiger partial charge in [0.05, 0.1) is 7.11 Å². The SMILES string of the molecule is COC(=O)Cn1nnnc1SCc1cc(Cl)ccc1F. The second-order valence-corrected chi connectivity index (χ2v) is 5.10. The number of carbonyl (C=O) groups excluding carboxylic acids is 1. The fourth-order valence-corrected chi connectivity index (χ4v) is 2.43. The van der Waals surface area contributed by atoms with Crippen LogP contribution in [-0.4, -0.2) is 33.3 Å². The zero-order valence-corrected chi connectivity index (χ0v) is 12.0. The Hall–Kier alpha value is -1.67. The predicted octanol–water partition coefficient (Wildman–Crippen LogP) is 1.93. The van der Waals surface area contributed by atoms with Crippen LogP contribution in [0.15, 0.2) is 23.4 Å². The van der Waals surface area contributed by atoms with Crippen molar-refractivity contribution in [2.45, 2.75) is 17.5 Å². The first-order valence-corrected chi connectivity index (χ1v) is 6.86. The molecular formula is C11H10ClFN4O2S. The molecule has 1 heterocycles. The molecule has 1 aromatic heterocycles. The fourth-order valence-electron chi connectivity index (χ4n) is 1.38. The monoisotopic (exact) mass is 316 g/mol. The van der Waals surface area contributed by atoms with Gasteiger partial charge in [0.1, 0.15) is 12.4 Å². The van der Waals surface area contributed by atoms with Crippen LogP contribution in [0.5, 0.6) is 0 Å². The summed E-state index contributed by atoms with van der Waals surface area (Å²) < 4.78 is 19.4. The van der Waals surface area contributed by atoms with E-state index in [9.17, 15) is 9.18 Å². The van der Waals surface area contributed by atoms with Crippen molar-refractivity contribution < 1.29 is 13.9 Å². The van der Waals surface area contributed by atoms with Crippen molar-refractivity contribution in [1.82, 2.24) is 20.2 Å². The van der Waals surface area contributed by atoms with Gasteiger partial charge in [0.2, 0.25) is 5.16 Å². The van der Waals surface area contributed by atoms with Crippen LogP contribution in [-0.2, 0) is 21.8 Å². The minimum Gasteiger partial charge on any atom is -0.468 e. The van der Waals surface area contributed by atoms with Crippen LogP contribution in [0.1, 0.15) is 5.56 Å². The van der Waals surface area contributed by atoms with Crippen molar-refractivity contribution in [3.8, 4) is 0 Å². The van der Waals surface area contributed by atoms with E-state index < -0.39 is 5.97 Å². The fraction of sp³-hybridized carbons (Fsp3) is 0.273. The highest BCUT2D eigenvalue weighted by Gasteiger charge is 2.12. The van der Waals surface area contributed by atoms with Crippen molar-refractivity contribution in [2.75, 3.05) is 7.11 Å². The first-order chi connectivity index (χ1) is 9.60. The third kappa shape index (κ3) is 3.67. The largest absolute Gasteiger partial charge is 0.468 e. The van der Waals surface area contributed by atoms with Gasteiger partial charge < -0.3 is 4.74 Å². The number of nitrogens with zero attached hydrogens (tertiary/aromatic N) is 4. The van der Waals surface area contributed by atoms with Crippen molar-refractivity contribution in [2.24, 2.45) is 0 Å². The van der Waals surface area contributed by atoms with E-state index >= 15 is 0 Å². The van der Waals surface area contributed by atoms with Crippen LogP contribution < -0.4 is 0 Å². The minimum atomic E-state index is -0.465. The Morgan fingerprint density at radius 1 is 1.55 bits per heavy atom. The van der Waals surface area contributed by atoms with Crippen LogP contribution in [0.2, 0.25) is 5.02 Å². The molecule has 0 aliphatic rings. The number of benzene rings is 1. The molecule has 0 saturated carbocycles. The molecule has 0 saturated heterocycles. The lowest BCUT2D eigenvalue weighted by atomic mass is 10.2. The number of halogens is 2. The van der Waals surface area contributed by atoms with Gasteiger partial charge in [-0.25, -0.2) is 9.07 Å². The maximum Gasteiger partial charge on any atom is 0.327 e. The second-order valence-electron chi connectivity index (χ2n) is 3.72. The zero-order valence-electron chi connectivity index (χ0n) is 10.4. The lowest BCUT2D eigenvalue weighted by molar-refractivity contribution is -0.141. The Morgan fingerprint density at radius 2 is 2.35 bits per heavy atom. The average Bonchev–Trinajstić information content (AvgIpc) is 2.87. The molecule has 2 aromatic rings. The van der Waals surface area contributed by atoms with E-state index in [1.54, 1.807) is 6.07 Å². The highest BCUT2D eigenvalue weighted by Crippen LogP contribution is 2.23. The lowest BCUT2D eigenvalue weighted by Crippen LogP contribution is -2.13. The van der Waals surface area contributed by atoms with Gasteiger partial charge in [0, 0.05) is 10.8 Å². The smallest absolute Gasteiger partial charge is 0.327 e. The Morgan fingerprint density at radius 3 is 3.10 bits per heavy atom. The molecule has 6 nitrogen and oxygen atoms in total. The third-order valence-corrected chi connectivity index (χ3v) is 3.61. The van der Waals surface area contributed by atoms with E-state index in [0.717, 1.165) is 0 Å². The van der Waals surface area contributed by atoms with Crippen LogP contribution in [0.3, 0.4) is 0 Å².